The molecule has 0 bridgehead atoms. The number of carbonyl (C=O) groups is 2. The third-order valence-electron chi connectivity index (χ3n) is 3.56. The molecule has 1 aromatic carbocycles. The van der Waals surface area contributed by atoms with Gasteiger partial charge in [0.25, 0.3) is 5.91 Å². The number of methoxy groups -OCH3 is 1. The van der Waals surface area contributed by atoms with Crippen molar-refractivity contribution in [1.82, 2.24) is 10.2 Å². The van der Waals surface area contributed by atoms with Crippen LogP contribution in [-0.4, -0.2) is 43.5 Å². The number of nitrogens with zero attached hydrogens (tertiary/aromatic N) is 1. The van der Waals surface area contributed by atoms with Crippen LogP contribution in [0.3, 0.4) is 0 Å². The van der Waals surface area contributed by atoms with Crippen molar-refractivity contribution in [3.63, 3.8) is 0 Å². The zero-order chi connectivity index (χ0) is 17.2. The number of ether oxygens (including phenoxy) is 1. The van der Waals surface area contributed by atoms with Gasteiger partial charge in [-0.1, -0.05) is 30.3 Å². The molecule has 0 aliphatic rings. The highest BCUT2D eigenvalue weighted by Gasteiger charge is 2.17. The molecule has 1 heterocycles. The molecule has 1 aromatic heterocycles. The van der Waals surface area contributed by atoms with Crippen molar-refractivity contribution in [2.24, 2.45) is 0 Å². The largest absolute Gasteiger partial charge is 0.472 e. The van der Waals surface area contributed by atoms with Gasteiger partial charge in [-0.05, 0) is 11.6 Å². The number of furan rings is 1. The third kappa shape index (κ3) is 5.55. The molecule has 0 unspecified atom stereocenters. The molecule has 0 saturated carbocycles. The Balaban J connectivity index is 1.83. The summed E-state index contributed by atoms with van der Waals surface area (Å²) < 4.78 is 9.98. The molecule has 24 heavy (non-hydrogen) atoms. The molecule has 6 nitrogen and oxygen atoms in total. The quantitative estimate of drug-likeness (QED) is 0.764. The van der Waals surface area contributed by atoms with Crippen molar-refractivity contribution in [2.75, 3.05) is 26.8 Å². The van der Waals surface area contributed by atoms with Crippen LogP contribution in [0.5, 0.6) is 0 Å². The van der Waals surface area contributed by atoms with Gasteiger partial charge in [-0.15, -0.1) is 0 Å². The lowest BCUT2D eigenvalue weighted by molar-refractivity contribution is -0.121. The molecule has 2 amide bonds. The van der Waals surface area contributed by atoms with Crippen LogP contribution >= 0.6 is 0 Å². The highest BCUT2D eigenvalue weighted by Crippen LogP contribution is 2.06. The fraction of sp³-hybridized carbons (Fsp3) is 0.333. The number of hydrogen-bond donors (Lipinski definition) is 1. The van der Waals surface area contributed by atoms with Crippen LogP contribution < -0.4 is 5.32 Å². The summed E-state index contributed by atoms with van der Waals surface area (Å²) in [5.41, 5.74) is 1.51. The minimum atomic E-state index is -0.170. The van der Waals surface area contributed by atoms with Crippen LogP contribution in [0.15, 0.2) is 53.3 Å². The van der Waals surface area contributed by atoms with E-state index in [1.54, 1.807) is 18.1 Å². The Morgan fingerprint density at radius 2 is 1.96 bits per heavy atom. The second-order valence-electron chi connectivity index (χ2n) is 5.31. The minimum absolute atomic E-state index is 0.0961. The normalized spacial score (nSPS) is 10.4. The van der Waals surface area contributed by atoms with Gasteiger partial charge >= 0.3 is 0 Å². The van der Waals surface area contributed by atoms with Crippen LogP contribution in [0, 0.1) is 0 Å². The molecular formula is C18H22N2O4. The fourth-order valence-electron chi connectivity index (χ4n) is 2.21. The van der Waals surface area contributed by atoms with Crippen LogP contribution in [-0.2, 0) is 16.1 Å². The highest BCUT2D eigenvalue weighted by atomic mass is 16.5. The van der Waals surface area contributed by atoms with Crippen molar-refractivity contribution in [1.29, 1.82) is 0 Å². The van der Waals surface area contributed by atoms with E-state index in [2.05, 4.69) is 5.32 Å². The van der Waals surface area contributed by atoms with Crippen molar-refractivity contribution in [3.05, 3.63) is 60.1 Å². The lowest BCUT2D eigenvalue weighted by atomic mass is 10.2. The molecule has 2 aromatic rings. The summed E-state index contributed by atoms with van der Waals surface area (Å²) in [6.45, 7) is 1.64. The van der Waals surface area contributed by atoms with Crippen LogP contribution in [0.2, 0.25) is 0 Å². The maximum atomic E-state index is 12.4. The molecule has 0 radical (unpaired) electrons. The van der Waals surface area contributed by atoms with Crippen molar-refractivity contribution in [2.45, 2.75) is 13.0 Å². The van der Waals surface area contributed by atoms with Crippen LogP contribution in [0.25, 0.3) is 0 Å². The molecule has 2 rings (SSSR count). The molecule has 0 saturated heterocycles. The zero-order valence-corrected chi connectivity index (χ0v) is 13.7. The smallest absolute Gasteiger partial charge is 0.257 e. The van der Waals surface area contributed by atoms with Crippen molar-refractivity contribution >= 4 is 11.8 Å². The third-order valence-corrected chi connectivity index (χ3v) is 3.56. The van der Waals surface area contributed by atoms with E-state index in [1.165, 1.54) is 12.5 Å². The first-order chi connectivity index (χ1) is 11.7. The predicted molar refractivity (Wildman–Crippen MR) is 89.4 cm³/mol. The second-order valence-corrected chi connectivity index (χ2v) is 5.31. The molecule has 0 aliphatic carbocycles. The molecule has 128 valence electrons. The molecule has 1 N–H and O–H groups in total. The Labute approximate surface area is 141 Å². The SMILES string of the molecule is COCCN(CCC(=O)NCc1ccccc1)C(=O)c1ccoc1. The summed E-state index contributed by atoms with van der Waals surface area (Å²) >= 11 is 0. The van der Waals surface area contributed by atoms with E-state index < -0.39 is 0 Å². The first kappa shape index (κ1) is 17.7. The molecule has 6 heteroatoms. The van der Waals surface area contributed by atoms with Gasteiger partial charge in [-0.2, -0.15) is 0 Å². The summed E-state index contributed by atoms with van der Waals surface area (Å²) in [7, 11) is 1.58. The number of benzene rings is 1. The Kier molecular flexibility index (Phi) is 7.04. The first-order valence-corrected chi connectivity index (χ1v) is 7.81. The van der Waals surface area contributed by atoms with Gasteiger partial charge in [0.2, 0.25) is 5.91 Å². The minimum Gasteiger partial charge on any atom is -0.472 e. The average Bonchev–Trinajstić information content (AvgIpc) is 3.15. The van der Waals surface area contributed by atoms with E-state index in [0.717, 1.165) is 5.56 Å². The van der Waals surface area contributed by atoms with Gasteiger partial charge in [-0.25, -0.2) is 0 Å². The first-order valence-electron chi connectivity index (χ1n) is 7.81. The summed E-state index contributed by atoms with van der Waals surface area (Å²) in [5, 5.41) is 2.86. The van der Waals surface area contributed by atoms with Crippen molar-refractivity contribution in [3.8, 4) is 0 Å². The standard InChI is InChI=1S/C18H22N2O4/c1-23-12-10-20(18(22)16-8-11-24-14-16)9-7-17(21)19-13-15-5-3-2-4-6-15/h2-6,8,11,14H,7,9-10,12-13H2,1H3,(H,19,21). The topological polar surface area (TPSA) is 71.8 Å². The number of carbonyl (C=O) groups excluding carboxylic acids is 2. The molecular weight excluding hydrogens is 308 g/mol. The van der Waals surface area contributed by atoms with Gasteiger partial charge in [0.1, 0.15) is 6.26 Å². The van der Waals surface area contributed by atoms with Gasteiger partial charge in [-0.3, -0.25) is 9.59 Å². The van der Waals surface area contributed by atoms with E-state index >= 15 is 0 Å². The van der Waals surface area contributed by atoms with E-state index in [-0.39, 0.29) is 18.2 Å². The molecule has 0 spiro atoms. The summed E-state index contributed by atoms with van der Waals surface area (Å²) in [6, 6.07) is 11.3. The summed E-state index contributed by atoms with van der Waals surface area (Å²) in [4.78, 5) is 26.0. The number of hydrogen-bond acceptors (Lipinski definition) is 4. The summed E-state index contributed by atoms with van der Waals surface area (Å²) in [5.74, 6) is -0.266. The summed E-state index contributed by atoms with van der Waals surface area (Å²) in [6.07, 6.45) is 3.09. The maximum absolute atomic E-state index is 12.4. The highest BCUT2D eigenvalue weighted by molar-refractivity contribution is 5.94. The number of rotatable bonds is 9. The van der Waals surface area contributed by atoms with Gasteiger partial charge < -0.3 is 19.4 Å². The Morgan fingerprint density at radius 1 is 1.17 bits per heavy atom. The Hall–Kier alpha value is -2.60. The molecule has 0 aliphatic heterocycles. The monoisotopic (exact) mass is 330 g/mol. The predicted octanol–water partition coefficient (Wildman–Crippen LogP) is 2.07. The zero-order valence-electron chi connectivity index (χ0n) is 13.7. The van der Waals surface area contributed by atoms with E-state index in [4.69, 9.17) is 9.15 Å². The number of nitrogens with one attached hydrogen (secondary N) is 1. The average molecular weight is 330 g/mol. The van der Waals surface area contributed by atoms with Gasteiger partial charge in [0.05, 0.1) is 18.4 Å². The molecule has 0 atom stereocenters. The van der Waals surface area contributed by atoms with Gasteiger partial charge in [0.15, 0.2) is 0 Å². The van der Waals surface area contributed by atoms with Crippen LogP contribution in [0.4, 0.5) is 0 Å². The number of amides is 2. The fourth-order valence-corrected chi connectivity index (χ4v) is 2.21. The molecule has 0 fully saturated rings. The maximum Gasteiger partial charge on any atom is 0.257 e. The lowest BCUT2D eigenvalue weighted by Crippen LogP contribution is -2.37. The lowest BCUT2D eigenvalue weighted by Gasteiger charge is -2.21. The van der Waals surface area contributed by atoms with Gasteiger partial charge in [0, 0.05) is 33.2 Å². The van der Waals surface area contributed by atoms with E-state index in [9.17, 15) is 9.59 Å². The van der Waals surface area contributed by atoms with Crippen LogP contribution in [0.1, 0.15) is 22.3 Å². The van der Waals surface area contributed by atoms with E-state index in [1.807, 2.05) is 30.3 Å². The van der Waals surface area contributed by atoms with E-state index in [0.29, 0.717) is 31.8 Å². The Bertz CT molecular complexity index is 626. The Morgan fingerprint density at radius 3 is 2.62 bits per heavy atom. The van der Waals surface area contributed by atoms with Crippen molar-refractivity contribution < 1.29 is 18.7 Å². The second kappa shape index (κ2) is 9.52.